The van der Waals surface area contributed by atoms with Crippen molar-refractivity contribution in [2.24, 2.45) is 0 Å². The molecule has 12 heteroatoms. The minimum Gasteiger partial charge on any atom is -0.373 e. The summed E-state index contributed by atoms with van der Waals surface area (Å²) in [6, 6.07) is 0. The molecule has 1 saturated heterocycles. The van der Waals surface area contributed by atoms with Gasteiger partial charge in [0.05, 0.1) is 20.9 Å². The lowest BCUT2D eigenvalue weighted by Gasteiger charge is -2.44. The van der Waals surface area contributed by atoms with Gasteiger partial charge in [-0.15, -0.1) is 0 Å². The summed E-state index contributed by atoms with van der Waals surface area (Å²) in [5.41, 5.74) is 0. The van der Waals surface area contributed by atoms with Crippen molar-refractivity contribution in [1.82, 2.24) is 14.4 Å². The lowest BCUT2D eigenvalue weighted by atomic mass is 10.3. The first-order valence-electron chi connectivity index (χ1n) is 13.2. The van der Waals surface area contributed by atoms with Gasteiger partial charge < -0.3 is 31.5 Å². The molecule has 204 valence electrons. The summed E-state index contributed by atoms with van der Waals surface area (Å²) < 4.78 is 39.9. The van der Waals surface area contributed by atoms with E-state index in [-0.39, 0.29) is 0 Å². The molecule has 1 aliphatic rings. The normalized spacial score (nSPS) is 17.1. The van der Waals surface area contributed by atoms with Crippen LogP contribution in [0.3, 0.4) is 0 Å². The van der Waals surface area contributed by atoms with Crippen LogP contribution in [0, 0.1) is 0 Å². The molecule has 0 amide bonds. The number of piperazine rings is 1. The summed E-state index contributed by atoms with van der Waals surface area (Å²) >= 11 is 0. The van der Waals surface area contributed by atoms with E-state index in [9.17, 15) is 0 Å². The number of hydrogen-bond acceptors (Lipinski definition) is 9. The van der Waals surface area contributed by atoms with Crippen molar-refractivity contribution in [1.29, 1.82) is 0 Å². The first-order chi connectivity index (χ1) is 16.1. The van der Waals surface area contributed by atoms with E-state index in [1.54, 1.807) is 0 Å². The van der Waals surface area contributed by atoms with Gasteiger partial charge in [-0.1, -0.05) is 19.6 Å². The Morgan fingerprint density at radius 1 is 0.588 bits per heavy atom. The van der Waals surface area contributed by atoms with Crippen molar-refractivity contribution < 1.29 is 26.6 Å². The minimum atomic E-state index is -3.18. The highest BCUT2D eigenvalue weighted by Gasteiger charge is 2.55. The van der Waals surface area contributed by atoms with Gasteiger partial charge >= 0.3 is 17.8 Å². The lowest BCUT2D eigenvalue weighted by Crippen LogP contribution is -2.69. The van der Waals surface area contributed by atoms with Crippen LogP contribution in [0.15, 0.2) is 0 Å². The molecule has 0 unspecified atom stereocenters. The van der Waals surface area contributed by atoms with Gasteiger partial charge in [-0.05, 0) is 47.7 Å². The van der Waals surface area contributed by atoms with Crippen molar-refractivity contribution in [2.45, 2.75) is 61.2 Å². The predicted octanol–water partition coefficient (Wildman–Crippen LogP) is 2.87. The van der Waals surface area contributed by atoms with Crippen molar-refractivity contribution in [3.63, 3.8) is 0 Å². The molecule has 0 bridgehead atoms. The summed E-state index contributed by atoms with van der Waals surface area (Å²) in [6.07, 6.45) is 1.72. The average molecular weight is 540 g/mol. The monoisotopic (exact) mass is 539 g/mol. The topological polar surface area (TPSA) is 65.1 Å². The lowest BCUT2D eigenvalue weighted by molar-refractivity contribution is -0.0134. The van der Waals surface area contributed by atoms with Crippen molar-refractivity contribution >= 4 is 25.8 Å². The molecule has 0 N–H and O–H groups in total. The Balaban J connectivity index is 3.20. The maximum Gasteiger partial charge on any atom is 0.600 e. The van der Waals surface area contributed by atoms with Crippen LogP contribution in [0.2, 0.25) is 19.6 Å². The highest BCUT2D eigenvalue weighted by molar-refractivity contribution is 6.76. The molecule has 1 fully saturated rings. The Morgan fingerprint density at radius 2 is 0.971 bits per heavy atom. The zero-order valence-electron chi connectivity index (χ0n) is 23.5. The molecule has 0 aromatic carbocycles. The zero-order valence-corrected chi connectivity index (χ0v) is 26.5. The van der Waals surface area contributed by atoms with Gasteiger partial charge in [0, 0.05) is 65.8 Å². The third-order valence-corrected chi connectivity index (χ3v) is 13.1. The molecule has 1 rings (SSSR count). The van der Waals surface area contributed by atoms with E-state index in [1.807, 2.05) is 41.5 Å². The van der Waals surface area contributed by atoms with Crippen LogP contribution >= 0.6 is 0 Å². The molecular weight excluding hydrogens is 487 g/mol. The summed E-state index contributed by atoms with van der Waals surface area (Å²) in [6.45, 7) is 27.2. The molecule has 1 aliphatic heterocycles. The van der Waals surface area contributed by atoms with E-state index in [4.69, 9.17) is 26.6 Å². The summed E-state index contributed by atoms with van der Waals surface area (Å²) in [5, 5.41) is 0. The molecule has 0 radical (unpaired) electrons. The van der Waals surface area contributed by atoms with Crippen molar-refractivity contribution in [2.75, 3.05) is 84.8 Å². The smallest absolute Gasteiger partial charge is 0.373 e. The van der Waals surface area contributed by atoms with Crippen LogP contribution in [0.4, 0.5) is 0 Å². The van der Waals surface area contributed by atoms with E-state index in [1.165, 1.54) is 6.17 Å². The highest BCUT2D eigenvalue weighted by atomic mass is 28.4. The van der Waals surface area contributed by atoms with Crippen molar-refractivity contribution in [3.05, 3.63) is 0 Å². The summed E-state index contributed by atoms with van der Waals surface area (Å²) in [7, 11) is -7.30. The van der Waals surface area contributed by atoms with E-state index >= 15 is 0 Å². The largest absolute Gasteiger partial charge is 0.600 e. The third-order valence-electron chi connectivity index (χ3n) is 5.38. The fraction of sp³-hybridized carbons (Fsp3) is 1.00. The van der Waals surface area contributed by atoms with Crippen LogP contribution in [0.25, 0.3) is 0 Å². The highest BCUT2D eigenvalue weighted by Crippen LogP contribution is 2.23. The first-order valence-corrected chi connectivity index (χ1v) is 20.5. The average Bonchev–Trinajstić information content (AvgIpc) is 2.74. The number of rotatable bonds is 19. The maximum atomic E-state index is 6.33. The van der Waals surface area contributed by atoms with Crippen LogP contribution in [-0.2, 0) is 26.6 Å². The molecule has 0 aromatic rings. The second kappa shape index (κ2) is 16.2. The first kappa shape index (κ1) is 32.3. The van der Waals surface area contributed by atoms with Crippen LogP contribution in [-0.4, -0.2) is 125 Å². The standard InChI is InChI=1S/C22H53N3O6Si3/c1-10-26-33(27-11-2,28-12-3)22-25(34(29-13-4,30-14-5)31-15-6)20-23-16-18-24(19-17-23)21-32(7,8)9/h10-22H2,1-9H3. The fourth-order valence-electron chi connectivity index (χ4n) is 4.34. The van der Waals surface area contributed by atoms with Gasteiger partial charge in [0.2, 0.25) is 0 Å². The molecule has 34 heavy (non-hydrogen) atoms. The third kappa shape index (κ3) is 10.7. The second-order valence-corrected chi connectivity index (χ2v) is 20.1. The quantitative estimate of drug-likeness (QED) is 0.231. The molecular formula is C22H53N3O6Si3. The van der Waals surface area contributed by atoms with Crippen LogP contribution < -0.4 is 0 Å². The van der Waals surface area contributed by atoms with E-state index < -0.39 is 25.8 Å². The Labute approximate surface area is 212 Å². The van der Waals surface area contributed by atoms with Gasteiger partial charge in [-0.3, -0.25) is 4.90 Å². The molecule has 0 saturated carbocycles. The Kier molecular flexibility index (Phi) is 15.4. The summed E-state index contributed by atoms with van der Waals surface area (Å²) in [5.74, 6) is 0. The maximum absolute atomic E-state index is 6.33. The molecule has 0 aromatic heterocycles. The molecule has 0 spiro atoms. The van der Waals surface area contributed by atoms with Crippen molar-refractivity contribution in [3.8, 4) is 0 Å². The number of hydrogen-bond donors (Lipinski definition) is 0. The molecule has 1 heterocycles. The fourth-order valence-corrected chi connectivity index (χ4v) is 12.0. The van der Waals surface area contributed by atoms with Crippen LogP contribution in [0.5, 0.6) is 0 Å². The van der Waals surface area contributed by atoms with Crippen LogP contribution in [0.1, 0.15) is 41.5 Å². The summed E-state index contributed by atoms with van der Waals surface area (Å²) in [4.78, 5) is 5.09. The van der Waals surface area contributed by atoms with E-state index in [2.05, 4.69) is 34.0 Å². The minimum absolute atomic E-state index is 0.476. The Hall–Kier alpha value is 0.291. The van der Waals surface area contributed by atoms with Gasteiger partial charge in [-0.25, -0.2) is 4.57 Å². The van der Waals surface area contributed by atoms with Gasteiger partial charge in [-0.2, -0.15) is 0 Å². The molecule has 0 aliphatic carbocycles. The van der Waals surface area contributed by atoms with E-state index in [0.29, 0.717) is 52.5 Å². The van der Waals surface area contributed by atoms with E-state index in [0.717, 1.165) is 26.2 Å². The number of nitrogens with zero attached hydrogens (tertiary/aromatic N) is 3. The SMILES string of the molecule is CCO[Si](CN(CN1CCN(C[Si](C)(C)C)CC1)[Si](OCC)(OCC)OCC)(OCC)OCC. The predicted molar refractivity (Wildman–Crippen MR) is 144 cm³/mol. The van der Waals surface area contributed by atoms with Gasteiger partial charge in [0.15, 0.2) is 0 Å². The Morgan fingerprint density at radius 3 is 1.32 bits per heavy atom. The molecule has 0 atom stereocenters. The van der Waals surface area contributed by atoms with Gasteiger partial charge in [0.1, 0.15) is 0 Å². The second-order valence-electron chi connectivity index (χ2n) is 9.60. The molecule has 9 nitrogen and oxygen atoms in total. The zero-order chi connectivity index (χ0) is 25.7. The Bertz CT molecular complexity index is 502. The van der Waals surface area contributed by atoms with Gasteiger partial charge in [0.25, 0.3) is 0 Å².